The van der Waals surface area contributed by atoms with Crippen molar-refractivity contribution in [3.05, 3.63) is 64.0 Å². The number of nitrogens with zero attached hydrogens (tertiary/aromatic N) is 1. The molecule has 0 saturated carbocycles. The first-order valence-electron chi connectivity index (χ1n) is 5.94. The lowest BCUT2D eigenvalue weighted by atomic mass is 10.1. The molecule has 0 heterocycles. The second-order valence-corrected chi connectivity index (χ2v) is 4.33. The molecule has 0 saturated heterocycles. The molecule has 0 spiro atoms. The van der Waals surface area contributed by atoms with Crippen LogP contribution < -0.4 is 10.5 Å². The van der Waals surface area contributed by atoms with Gasteiger partial charge in [-0.15, -0.1) is 0 Å². The molecule has 0 radical (unpaired) electrons. The van der Waals surface area contributed by atoms with E-state index < -0.39 is 16.4 Å². The summed E-state index contributed by atoms with van der Waals surface area (Å²) in [7, 11) is 0. The van der Waals surface area contributed by atoms with Crippen molar-refractivity contribution < 1.29 is 14.1 Å². The Labute approximate surface area is 114 Å². The maximum absolute atomic E-state index is 13.0. The van der Waals surface area contributed by atoms with Gasteiger partial charge in [0.2, 0.25) is 5.75 Å². The monoisotopic (exact) mass is 276 g/mol. The van der Waals surface area contributed by atoms with Crippen molar-refractivity contribution in [3.63, 3.8) is 0 Å². The highest BCUT2D eigenvalue weighted by Crippen LogP contribution is 2.32. The zero-order chi connectivity index (χ0) is 14.7. The topological polar surface area (TPSA) is 78.4 Å². The van der Waals surface area contributed by atoms with Crippen molar-refractivity contribution in [2.24, 2.45) is 5.73 Å². The second kappa shape index (κ2) is 5.66. The average molecular weight is 276 g/mol. The molecule has 0 aromatic heterocycles. The first kappa shape index (κ1) is 14.0. The minimum atomic E-state index is -0.686. The summed E-state index contributed by atoms with van der Waals surface area (Å²) in [5.41, 5.74) is 6.23. The van der Waals surface area contributed by atoms with Crippen LogP contribution in [0.1, 0.15) is 18.5 Å². The number of hydrogen-bond acceptors (Lipinski definition) is 4. The fourth-order valence-corrected chi connectivity index (χ4v) is 1.69. The van der Waals surface area contributed by atoms with Gasteiger partial charge in [0.25, 0.3) is 0 Å². The number of rotatable bonds is 4. The van der Waals surface area contributed by atoms with Gasteiger partial charge in [-0.25, -0.2) is 4.39 Å². The third kappa shape index (κ3) is 3.10. The van der Waals surface area contributed by atoms with Gasteiger partial charge in [0.05, 0.1) is 11.0 Å². The Balaban J connectivity index is 2.28. The highest BCUT2D eigenvalue weighted by atomic mass is 19.1. The van der Waals surface area contributed by atoms with Gasteiger partial charge in [-0.2, -0.15) is 0 Å². The Morgan fingerprint density at radius 1 is 1.25 bits per heavy atom. The summed E-state index contributed by atoms with van der Waals surface area (Å²) in [6.45, 7) is 1.85. The van der Waals surface area contributed by atoms with Gasteiger partial charge in [0, 0.05) is 6.04 Å². The van der Waals surface area contributed by atoms with Crippen LogP contribution in [0.3, 0.4) is 0 Å². The molecule has 104 valence electrons. The summed E-state index contributed by atoms with van der Waals surface area (Å²) < 4.78 is 18.4. The molecular weight excluding hydrogens is 263 g/mol. The molecule has 0 unspecified atom stereocenters. The molecule has 6 heteroatoms. The molecule has 2 rings (SSSR count). The van der Waals surface area contributed by atoms with Crippen molar-refractivity contribution in [2.75, 3.05) is 0 Å². The minimum Gasteiger partial charge on any atom is -0.450 e. The van der Waals surface area contributed by atoms with E-state index in [4.69, 9.17) is 10.5 Å². The van der Waals surface area contributed by atoms with Gasteiger partial charge in [-0.1, -0.05) is 12.1 Å². The van der Waals surface area contributed by atoms with E-state index in [9.17, 15) is 14.5 Å². The number of benzene rings is 2. The summed E-state index contributed by atoms with van der Waals surface area (Å²) in [6, 6.07) is 9.92. The Morgan fingerprint density at radius 3 is 2.45 bits per heavy atom. The molecule has 2 aromatic carbocycles. The van der Waals surface area contributed by atoms with Gasteiger partial charge in [0.15, 0.2) is 0 Å². The van der Waals surface area contributed by atoms with E-state index in [2.05, 4.69) is 0 Å². The molecule has 0 aliphatic carbocycles. The summed E-state index contributed by atoms with van der Waals surface area (Å²) in [5.74, 6) is -0.273. The van der Waals surface area contributed by atoms with Gasteiger partial charge in [-0.05, 0) is 36.8 Å². The maximum Gasteiger partial charge on any atom is 0.314 e. The molecule has 0 bridgehead atoms. The predicted octanol–water partition coefficient (Wildman–Crippen LogP) is 3.55. The van der Waals surface area contributed by atoms with Crippen molar-refractivity contribution in [2.45, 2.75) is 13.0 Å². The van der Waals surface area contributed by atoms with Gasteiger partial charge >= 0.3 is 5.69 Å². The minimum absolute atomic E-state index is 0.00931. The van der Waals surface area contributed by atoms with E-state index in [0.29, 0.717) is 5.75 Å². The van der Waals surface area contributed by atoms with Gasteiger partial charge in [-0.3, -0.25) is 10.1 Å². The van der Waals surface area contributed by atoms with Crippen LogP contribution in [0.15, 0.2) is 42.5 Å². The number of halogens is 1. The van der Waals surface area contributed by atoms with Crippen LogP contribution in [0.5, 0.6) is 11.5 Å². The molecular formula is C14H13FN2O3. The zero-order valence-electron chi connectivity index (χ0n) is 10.7. The standard InChI is InChI=1S/C14H13FN2O3/c1-9(16)10-2-5-12(6-3-10)20-14-7-4-11(15)8-13(14)17(18)19/h2-9H,16H2,1H3/t9-/m1/s1. The molecule has 0 fully saturated rings. The van der Waals surface area contributed by atoms with Crippen LogP contribution in [-0.4, -0.2) is 4.92 Å². The molecule has 2 aromatic rings. The summed E-state index contributed by atoms with van der Waals surface area (Å²) in [6.07, 6.45) is 0. The van der Waals surface area contributed by atoms with E-state index in [1.807, 2.05) is 6.92 Å². The first-order valence-corrected chi connectivity index (χ1v) is 5.94. The van der Waals surface area contributed by atoms with E-state index in [1.54, 1.807) is 24.3 Å². The predicted molar refractivity (Wildman–Crippen MR) is 72.2 cm³/mol. The van der Waals surface area contributed by atoms with Crippen molar-refractivity contribution in [1.82, 2.24) is 0 Å². The SMILES string of the molecule is C[C@@H](N)c1ccc(Oc2ccc(F)cc2[N+](=O)[O-])cc1. The van der Waals surface area contributed by atoms with Crippen molar-refractivity contribution in [1.29, 1.82) is 0 Å². The average Bonchev–Trinajstić information content (AvgIpc) is 2.41. The number of ether oxygens (including phenoxy) is 1. The summed E-state index contributed by atoms with van der Waals surface area (Å²) in [4.78, 5) is 10.2. The Hall–Kier alpha value is -2.47. The maximum atomic E-state index is 13.0. The lowest BCUT2D eigenvalue weighted by Gasteiger charge is -2.09. The van der Waals surface area contributed by atoms with E-state index in [-0.39, 0.29) is 11.8 Å². The number of nitro groups is 1. The largest absolute Gasteiger partial charge is 0.450 e. The molecule has 0 aliphatic heterocycles. The normalized spacial score (nSPS) is 11.9. The lowest BCUT2D eigenvalue weighted by Crippen LogP contribution is -2.04. The molecule has 5 nitrogen and oxygen atoms in total. The highest BCUT2D eigenvalue weighted by Gasteiger charge is 2.17. The number of hydrogen-bond donors (Lipinski definition) is 1. The Kier molecular flexibility index (Phi) is 3.95. The number of nitro benzene ring substituents is 1. The van der Waals surface area contributed by atoms with E-state index in [0.717, 1.165) is 17.7 Å². The summed E-state index contributed by atoms with van der Waals surface area (Å²) in [5, 5.41) is 10.8. The van der Waals surface area contributed by atoms with Crippen molar-refractivity contribution >= 4 is 5.69 Å². The van der Waals surface area contributed by atoms with Crippen LogP contribution in [0.4, 0.5) is 10.1 Å². The lowest BCUT2D eigenvalue weighted by molar-refractivity contribution is -0.385. The Bertz CT molecular complexity index is 627. The van der Waals surface area contributed by atoms with Crippen molar-refractivity contribution in [3.8, 4) is 11.5 Å². The smallest absolute Gasteiger partial charge is 0.314 e. The fraction of sp³-hybridized carbons (Fsp3) is 0.143. The van der Waals surface area contributed by atoms with Crippen LogP contribution >= 0.6 is 0 Å². The third-order valence-corrected chi connectivity index (χ3v) is 2.75. The highest BCUT2D eigenvalue weighted by molar-refractivity contribution is 5.48. The van der Waals surface area contributed by atoms with Crippen LogP contribution in [0.2, 0.25) is 0 Å². The quantitative estimate of drug-likeness (QED) is 0.684. The van der Waals surface area contributed by atoms with Gasteiger partial charge < -0.3 is 10.5 Å². The fourth-order valence-electron chi connectivity index (χ4n) is 1.69. The Morgan fingerprint density at radius 2 is 1.90 bits per heavy atom. The zero-order valence-corrected chi connectivity index (χ0v) is 10.7. The first-order chi connectivity index (χ1) is 9.47. The van der Waals surface area contributed by atoms with Crippen LogP contribution in [0, 0.1) is 15.9 Å². The second-order valence-electron chi connectivity index (χ2n) is 4.33. The van der Waals surface area contributed by atoms with E-state index in [1.165, 1.54) is 6.07 Å². The summed E-state index contributed by atoms with van der Waals surface area (Å²) >= 11 is 0. The van der Waals surface area contributed by atoms with Crippen LogP contribution in [0.25, 0.3) is 0 Å². The molecule has 0 amide bonds. The molecule has 2 N–H and O–H groups in total. The van der Waals surface area contributed by atoms with E-state index >= 15 is 0 Å². The molecule has 1 atom stereocenters. The van der Waals surface area contributed by atoms with Crippen LogP contribution in [-0.2, 0) is 0 Å². The van der Waals surface area contributed by atoms with Gasteiger partial charge in [0.1, 0.15) is 11.6 Å². The third-order valence-electron chi connectivity index (χ3n) is 2.75. The molecule has 20 heavy (non-hydrogen) atoms. The number of nitrogens with two attached hydrogens (primary N) is 1. The molecule has 0 aliphatic rings.